The van der Waals surface area contributed by atoms with Gasteiger partial charge in [-0.1, -0.05) is 22.0 Å². The summed E-state index contributed by atoms with van der Waals surface area (Å²) in [5.74, 6) is 1.48. The van der Waals surface area contributed by atoms with Crippen LogP contribution in [0.2, 0.25) is 0 Å². The van der Waals surface area contributed by atoms with Gasteiger partial charge in [0.05, 0.1) is 5.56 Å². The highest BCUT2D eigenvalue weighted by Crippen LogP contribution is 2.28. The first-order valence-electron chi connectivity index (χ1n) is 6.37. The molecule has 0 aliphatic rings. The van der Waals surface area contributed by atoms with Crippen LogP contribution in [0.25, 0.3) is 10.9 Å². The van der Waals surface area contributed by atoms with E-state index in [2.05, 4.69) is 20.9 Å². The van der Waals surface area contributed by atoms with Crippen molar-refractivity contribution in [2.24, 2.45) is 0 Å². The molecule has 0 aliphatic carbocycles. The molecular formula is C16H14BrNO2. The number of aromatic amines is 1. The second-order valence-corrected chi connectivity index (χ2v) is 5.85. The van der Waals surface area contributed by atoms with Crippen LogP contribution in [0, 0.1) is 20.8 Å². The number of fused-ring (bicyclic) bond motifs is 1. The fourth-order valence-corrected chi connectivity index (χ4v) is 2.91. The van der Waals surface area contributed by atoms with Crippen molar-refractivity contribution in [1.82, 2.24) is 4.98 Å². The highest BCUT2D eigenvalue weighted by atomic mass is 79.9. The quantitative estimate of drug-likeness (QED) is 0.693. The van der Waals surface area contributed by atoms with Crippen molar-refractivity contribution in [3.8, 4) is 0 Å². The van der Waals surface area contributed by atoms with Crippen LogP contribution in [-0.2, 0) is 0 Å². The summed E-state index contributed by atoms with van der Waals surface area (Å²) < 4.78 is 6.54. The molecule has 1 aromatic carbocycles. The second-order valence-electron chi connectivity index (χ2n) is 4.94. The summed E-state index contributed by atoms with van der Waals surface area (Å²) in [5, 5.41) is 0.927. The molecule has 102 valence electrons. The molecule has 0 atom stereocenters. The van der Waals surface area contributed by atoms with Gasteiger partial charge in [-0.15, -0.1) is 0 Å². The number of carbonyl (C=O) groups excluding carboxylic acids is 1. The van der Waals surface area contributed by atoms with Crippen molar-refractivity contribution in [2.45, 2.75) is 20.8 Å². The molecule has 0 radical (unpaired) electrons. The Bertz CT molecular complexity index is 826. The van der Waals surface area contributed by atoms with E-state index in [4.69, 9.17) is 4.42 Å². The van der Waals surface area contributed by atoms with Gasteiger partial charge in [0, 0.05) is 32.7 Å². The summed E-state index contributed by atoms with van der Waals surface area (Å²) in [6.45, 7) is 5.63. The summed E-state index contributed by atoms with van der Waals surface area (Å²) in [6, 6.07) is 5.85. The summed E-state index contributed by atoms with van der Waals surface area (Å²) in [6.07, 6.45) is 1.76. The minimum atomic E-state index is 0.00502. The first kappa shape index (κ1) is 13.2. The molecule has 1 N–H and O–H groups in total. The van der Waals surface area contributed by atoms with E-state index in [9.17, 15) is 4.79 Å². The van der Waals surface area contributed by atoms with Gasteiger partial charge < -0.3 is 9.40 Å². The third-order valence-corrected chi connectivity index (χ3v) is 4.17. The standard InChI is InChI=1S/C16H14BrNO2/c1-8-9(2)20-10(3)15(8)16(19)13-7-18-14-6-11(17)4-5-12(13)14/h4-7,18H,1-3H3. The fraction of sp³-hybridized carbons (Fsp3) is 0.188. The monoisotopic (exact) mass is 331 g/mol. The number of hydrogen-bond donors (Lipinski definition) is 1. The molecule has 0 amide bonds. The average Bonchev–Trinajstić information content (AvgIpc) is 2.91. The SMILES string of the molecule is Cc1oc(C)c(C(=O)c2c[nH]c3cc(Br)ccc23)c1C. The van der Waals surface area contributed by atoms with Crippen molar-refractivity contribution in [3.05, 3.63) is 57.1 Å². The van der Waals surface area contributed by atoms with Crippen LogP contribution in [0.3, 0.4) is 0 Å². The highest BCUT2D eigenvalue weighted by Gasteiger charge is 2.22. The Balaban J connectivity index is 2.18. The number of furan rings is 1. The molecular weight excluding hydrogens is 318 g/mol. The molecule has 0 saturated carbocycles. The number of ketones is 1. The molecule has 0 bridgehead atoms. The summed E-state index contributed by atoms with van der Waals surface area (Å²) >= 11 is 3.43. The van der Waals surface area contributed by atoms with Crippen LogP contribution < -0.4 is 0 Å². The zero-order chi connectivity index (χ0) is 14.4. The van der Waals surface area contributed by atoms with Crippen LogP contribution in [-0.4, -0.2) is 10.8 Å². The Hall–Kier alpha value is -1.81. The first-order valence-corrected chi connectivity index (χ1v) is 7.16. The second kappa shape index (κ2) is 4.63. The molecule has 3 nitrogen and oxygen atoms in total. The highest BCUT2D eigenvalue weighted by molar-refractivity contribution is 9.10. The van der Waals surface area contributed by atoms with E-state index in [0.29, 0.717) is 16.9 Å². The topological polar surface area (TPSA) is 46.0 Å². The average molecular weight is 332 g/mol. The normalized spacial score (nSPS) is 11.2. The van der Waals surface area contributed by atoms with Gasteiger partial charge in [-0.3, -0.25) is 4.79 Å². The minimum absolute atomic E-state index is 0.00502. The Kier molecular flexibility index (Phi) is 3.05. The van der Waals surface area contributed by atoms with Crippen LogP contribution in [0.5, 0.6) is 0 Å². The van der Waals surface area contributed by atoms with Gasteiger partial charge in [0.15, 0.2) is 5.78 Å². The van der Waals surface area contributed by atoms with Crippen molar-refractivity contribution < 1.29 is 9.21 Å². The van der Waals surface area contributed by atoms with Crippen molar-refractivity contribution in [3.63, 3.8) is 0 Å². The predicted molar refractivity (Wildman–Crippen MR) is 82.4 cm³/mol. The van der Waals surface area contributed by atoms with Crippen LogP contribution in [0.4, 0.5) is 0 Å². The van der Waals surface area contributed by atoms with Gasteiger partial charge in [-0.05, 0) is 32.9 Å². The van der Waals surface area contributed by atoms with Gasteiger partial charge in [0.2, 0.25) is 0 Å². The van der Waals surface area contributed by atoms with Gasteiger partial charge in [-0.2, -0.15) is 0 Å². The van der Waals surface area contributed by atoms with Gasteiger partial charge in [0.25, 0.3) is 0 Å². The number of benzene rings is 1. The zero-order valence-electron chi connectivity index (χ0n) is 11.5. The fourth-order valence-electron chi connectivity index (χ4n) is 2.55. The maximum absolute atomic E-state index is 12.8. The summed E-state index contributed by atoms with van der Waals surface area (Å²) in [7, 11) is 0. The van der Waals surface area contributed by atoms with E-state index in [-0.39, 0.29) is 5.78 Å². The molecule has 2 heterocycles. The Labute approximate surface area is 125 Å². The lowest BCUT2D eigenvalue weighted by atomic mass is 9.99. The number of H-pyrrole nitrogens is 1. The predicted octanol–water partition coefficient (Wildman–Crippen LogP) is 4.68. The third-order valence-electron chi connectivity index (χ3n) is 3.68. The van der Waals surface area contributed by atoms with E-state index in [1.165, 1.54) is 0 Å². The van der Waals surface area contributed by atoms with E-state index in [1.54, 1.807) is 6.20 Å². The molecule has 0 unspecified atom stereocenters. The van der Waals surface area contributed by atoms with Gasteiger partial charge in [0.1, 0.15) is 11.5 Å². The van der Waals surface area contributed by atoms with E-state index < -0.39 is 0 Å². The number of aromatic nitrogens is 1. The maximum Gasteiger partial charge on any atom is 0.198 e. The maximum atomic E-state index is 12.8. The molecule has 0 fully saturated rings. The molecule has 0 aliphatic heterocycles. The van der Waals surface area contributed by atoms with Gasteiger partial charge in [-0.25, -0.2) is 0 Å². The lowest BCUT2D eigenvalue weighted by Gasteiger charge is -2.00. The Morgan fingerprint density at radius 3 is 2.60 bits per heavy atom. The molecule has 4 heteroatoms. The van der Waals surface area contributed by atoms with E-state index >= 15 is 0 Å². The van der Waals surface area contributed by atoms with Crippen LogP contribution >= 0.6 is 15.9 Å². The number of rotatable bonds is 2. The van der Waals surface area contributed by atoms with Crippen molar-refractivity contribution in [1.29, 1.82) is 0 Å². The van der Waals surface area contributed by atoms with E-state index in [1.807, 2.05) is 39.0 Å². The molecule has 3 rings (SSSR count). The number of hydrogen-bond acceptors (Lipinski definition) is 2. The number of carbonyl (C=O) groups is 1. The van der Waals surface area contributed by atoms with Gasteiger partial charge >= 0.3 is 0 Å². The third kappa shape index (κ3) is 1.91. The number of nitrogens with one attached hydrogen (secondary N) is 1. The summed E-state index contributed by atoms with van der Waals surface area (Å²) in [4.78, 5) is 15.9. The number of halogens is 1. The number of aryl methyl sites for hydroxylation is 2. The van der Waals surface area contributed by atoms with Crippen molar-refractivity contribution >= 4 is 32.6 Å². The Morgan fingerprint density at radius 1 is 1.20 bits per heavy atom. The smallest absolute Gasteiger partial charge is 0.198 e. The molecule has 3 aromatic rings. The molecule has 0 spiro atoms. The summed E-state index contributed by atoms with van der Waals surface area (Å²) in [5.41, 5.74) is 3.21. The lowest BCUT2D eigenvalue weighted by Crippen LogP contribution is -2.02. The zero-order valence-corrected chi connectivity index (χ0v) is 13.1. The minimum Gasteiger partial charge on any atom is -0.466 e. The van der Waals surface area contributed by atoms with Crippen LogP contribution in [0.15, 0.2) is 33.3 Å². The van der Waals surface area contributed by atoms with Crippen LogP contribution in [0.1, 0.15) is 33.0 Å². The lowest BCUT2D eigenvalue weighted by molar-refractivity contribution is 0.103. The Morgan fingerprint density at radius 2 is 1.95 bits per heavy atom. The van der Waals surface area contributed by atoms with Crippen molar-refractivity contribution in [2.75, 3.05) is 0 Å². The largest absolute Gasteiger partial charge is 0.466 e. The molecule has 0 saturated heterocycles. The van der Waals surface area contributed by atoms with E-state index in [0.717, 1.165) is 26.7 Å². The molecule has 20 heavy (non-hydrogen) atoms. The first-order chi connectivity index (χ1) is 9.49. The molecule has 2 aromatic heterocycles.